The number of benzene rings is 1. The second-order valence-corrected chi connectivity index (χ2v) is 5.10. The number of hydrogen-bond acceptors (Lipinski definition) is 1. The van der Waals surface area contributed by atoms with Crippen LogP contribution in [0.2, 0.25) is 0 Å². The van der Waals surface area contributed by atoms with Crippen molar-refractivity contribution in [2.75, 3.05) is 18.9 Å². The molecule has 1 aromatic rings. The third-order valence-electron chi connectivity index (χ3n) is 3.13. The Morgan fingerprint density at radius 2 is 2.12 bits per heavy atom. The molecule has 0 radical (unpaired) electrons. The lowest BCUT2D eigenvalue weighted by Gasteiger charge is -2.15. The maximum atomic E-state index is 12.0. The second kappa shape index (κ2) is 5.00. The fraction of sp³-hybridized carbons (Fsp3) is 0.462. The van der Waals surface area contributed by atoms with E-state index in [1.165, 1.54) is 5.56 Å². The van der Waals surface area contributed by atoms with Crippen LogP contribution in [0.25, 0.3) is 0 Å². The highest BCUT2D eigenvalue weighted by Gasteiger charge is 2.44. The van der Waals surface area contributed by atoms with Crippen LogP contribution < -0.4 is 0 Å². The van der Waals surface area contributed by atoms with E-state index in [2.05, 4.69) is 28.1 Å². The van der Waals surface area contributed by atoms with Gasteiger partial charge in [0.2, 0.25) is 5.91 Å². The minimum atomic E-state index is 0.214. The quantitative estimate of drug-likeness (QED) is 0.777. The maximum absolute atomic E-state index is 12.0. The molecule has 0 spiro atoms. The molecule has 0 aliphatic heterocycles. The van der Waals surface area contributed by atoms with Gasteiger partial charge in [-0.1, -0.05) is 46.3 Å². The van der Waals surface area contributed by atoms with Crippen molar-refractivity contribution >= 4 is 21.8 Å². The summed E-state index contributed by atoms with van der Waals surface area (Å²) in [6, 6.07) is 10.3. The summed E-state index contributed by atoms with van der Waals surface area (Å²) in [5, 5.41) is 0.845. The van der Waals surface area contributed by atoms with Gasteiger partial charge in [0.05, 0.1) is 0 Å². The molecule has 0 aromatic heterocycles. The predicted octanol–water partition coefficient (Wildman–Crippen LogP) is 2.64. The van der Waals surface area contributed by atoms with Crippen LogP contribution in [0, 0.1) is 5.92 Å². The van der Waals surface area contributed by atoms with Crippen molar-refractivity contribution in [3.05, 3.63) is 35.9 Å². The molecule has 86 valence electrons. The van der Waals surface area contributed by atoms with Gasteiger partial charge in [0.15, 0.2) is 0 Å². The van der Waals surface area contributed by atoms with E-state index >= 15 is 0 Å². The summed E-state index contributed by atoms with van der Waals surface area (Å²) in [6.07, 6.45) is 1.01. The summed E-state index contributed by atoms with van der Waals surface area (Å²) in [5.74, 6) is 0.950. The number of alkyl halides is 1. The predicted molar refractivity (Wildman–Crippen MR) is 68.7 cm³/mol. The molecule has 1 amide bonds. The molecule has 3 heteroatoms. The number of halogens is 1. The maximum Gasteiger partial charge on any atom is 0.226 e. The number of nitrogens with zero attached hydrogens (tertiary/aromatic N) is 1. The molecule has 0 N–H and O–H groups in total. The second-order valence-electron chi connectivity index (χ2n) is 4.31. The summed E-state index contributed by atoms with van der Waals surface area (Å²) in [5.41, 5.74) is 1.30. The molecule has 2 nitrogen and oxygen atoms in total. The van der Waals surface area contributed by atoms with Gasteiger partial charge in [0, 0.05) is 24.8 Å². The summed E-state index contributed by atoms with van der Waals surface area (Å²) in [6.45, 7) is 0.789. The van der Waals surface area contributed by atoms with Gasteiger partial charge in [-0.2, -0.15) is 0 Å². The number of rotatable bonds is 4. The molecule has 2 unspecified atom stereocenters. The van der Waals surface area contributed by atoms with Gasteiger partial charge < -0.3 is 4.90 Å². The molecule has 1 aromatic carbocycles. The van der Waals surface area contributed by atoms with E-state index in [1.54, 1.807) is 0 Å². The van der Waals surface area contributed by atoms with Crippen LogP contribution in [0.15, 0.2) is 30.3 Å². The van der Waals surface area contributed by atoms with Crippen LogP contribution in [0.1, 0.15) is 17.9 Å². The molecular weight excluding hydrogens is 266 g/mol. The van der Waals surface area contributed by atoms with Crippen molar-refractivity contribution in [3.63, 3.8) is 0 Å². The Labute approximate surface area is 105 Å². The summed E-state index contributed by atoms with van der Waals surface area (Å²) >= 11 is 3.35. The van der Waals surface area contributed by atoms with E-state index in [4.69, 9.17) is 0 Å². The minimum Gasteiger partial charge on any atom is -0.345 e. The Balaban J connectivity index is 1.94. The molecule has 16 heavy (non-hydrogen) atoms. The average molecular weight is 282 g/mol. The first-order valence-electron chi connectivity index (χ1n) is 5.60. The van der Waals surface area contributed by atoms with Crippen LogP contribution in [-0.2, 0) is 4.79 Å². The third-order valence-corrected chi connectivity index (χ3v) is 3.49. The molecule has 0 heterocycles. The summed E-state index contributed by atoms with van der Waals surface area (Å²) < 4.78 is 0. The SMILES string of the molecule is CN(CCBr)C(=O)C1CC1c1ccccc1. The van der Waals surface area contributed by atoms with Crippen molar-refractivity contribution in [3.8, 4) is 0 Å². The van der Waals surface area contributed by atoms with Crippen LogP contribution >= 0.6 is 15.9 Å². The van der Waals surface area contributed by atoms with Crippen LogP contribution in [0.3, 0.4) is 0 Å². The number of carbonyl (C=O) groups excluding carboxylic acids is 1. The Bertz CT molecular complexity index is 365. The Morgan fingerprint density at radius 3 is 2.75 bits per heavy atom. The molecular formula is C13H16BrNO. The van der Waals surface area contributed by atoms with Crippen LogP contribution in [-0.4, -0.2) is 29.7 Å². The van der Waals surface area contributed by atoms with Crippen molar-refractivity contribution in [1.82, 2.24) is 4.90 Å². The molecule has 1 aliphatic carbocycles. The van der Waals surface area contributed by atoms with Gasteiger partial charge in [0.1, 0.15) is 0 Å². The van der Waals surface area contributed by atoms with Gasteiger partial charge in [-0.3, -0.25) is 4.79 Å². The van der Waals surface area contributed by atoms with E-state index in [-0.39, 0.29) is 11.8 Å². The summed E-state index contributed by atoms with van der Waals surface area (Å²) in [4.78, 5) is 13.8. The van der Waals surface area contributed by atoms with Crippen molar-refractivity contribution < 1.29 is 4.79 Å². The van der Waals surface area contributed by atoms with E-state index in [0.29, 0.717) is 5.92 Å². The van der Waals surface area contributed by atoms with E-state index < -0.39 is 0 Å². The van der Waals surface area contributed by atoms with Gasteiger partial charge in [-0.25, -0.2) is 0 Å². The highest BCUT2D eigenvalue weighted by atomic mass is 79.9. The zero-order chi connectivity index (χ0) is 11.5. The van der Waals surface area contributed by atoms with Gasteiger partial charge in [-0.05, 0) is 17.9 Å². The Kier molecular flexibility index (Phi) is 3.64. The monoisotopic (exact) mass is 281 g/mol. The van der Waals surface area contributed by atoms with Crippen molar-refractivity contribution in [2.24, 2.45) is 5.92 Å². The zero-order valence-electron chi connectivity index (χ0n) is 9.40. The Morgan fingerprint density at radius 1 is 1.44 bits per heavy atom. The lowest BCUT2D eigenvalue weighted by Crippen LogP contribution is -2.30. The zero-order valence-corrected chi connectivity index (χ0v) is 11.0. The number of hydrogen-bond donors (Lipinski definition) is 0. The summed E-state index contributed by atoms with van der Waals surface area (Å²) in [7, 11) is 1.88. The molecule has 2 rings (SSSR count). The topological polar surface area (TPSA) is 20.3 Å². The molecule has 1 aliphatic rings. The van der Waals surface area contributed by atoms with Crippen molar-refractivity contribution in [2.45, 2.75) is 12.3 Å². The lowest BCUT2D eigenvalue weighted by molar-refractivity contribution is -0.131. The van der Waals surface area contributed by atoms with E-state index in [9.17, 15) is 4.79 Å². The van der Waals surface area contributed by atoms with E-state index in [0.717, 1.165) is 18.3 Å². The highest BCUT2D eigenvalue weighted by molar-refractivity contribution is 9.09. The smallest absolute Gasteiger partial charge is 0.226 e. The average Bonchev–Trinajstić information content (AvgIpc) is 3.09. The lowest BCUT2D eigenvalue weighted by atomic mass is 10.1. The number of carbonyl (C=O) groups is 1. The first-order chi connectivity index (χ1) is 7.74. The molecule has 0 bridgehead atoms. The Hall–Kier alpha value is -0.830. The fourth-order valence-corrected chi connectivity index (χ4v) is 2.59. The first kappa shape index (κ1) is 11.6. The number of amides is 1. The normalized spacial score (nSPS) is 22.9. The van der Waals surface area contributed by atoms with Gasteiger partial charge in [0.25, 0.3) is 0 Å². The van der Waals surface area contributed by atoms with Gasteiger partial charge in [-0.15, -0.1) is 0 Å². The molecule has 0 saturated heterocycles. The van der Waals surface area contributed by atoms with Crippen LogP contribution in [0.5, 0.6) is 0 Å². The van der Waals surface area contributed by atoms with Crippen molar-refractivity contribution in [1.29, 1.82) is 0 Å². The standard InChI is InChI=1S/C13H16BrNO/c1-15(8-7-14)13(16)12-9-11(12)10-5-3-2-4-6-10/h2-6,11-12H,7-9H2,1H3. The first-order valence-corrected chi connectivity index (χ1v) is 6.72. The third kappa shape index (κ3) is 2.46. The fourth-order valence-electron chi connectivity index (χ4n) is 2.06. The van der Waals surface area contributed by atoms with Gasteiger partial charge >= 0.3 is 0 Å². The largest absolute Gasteiger partial charge is 0.345 e. The minimum absolute atomic E-state index is 0.214. The molecule has 1 fully saturated rings. The van der Waals surface area contributed by atoms with Crippen LogP contribution in [0.4, 0.5) is 0 Å². The highest BCUT2D eigenvalue weighted by Crippen LogP contribution is 2.48. The van der Waals surface area contributed by atoms with E-state index in [1.807, 2.05) is 30.1 Å². The molecule has 2 atom stereocenters. The molecule has 1 saturated carbocycles.